The monoisotopic (exact) mass is 374 g/mol. The Balaban J connectivity index is 1.80. The zero-order valence-corrected chi connectivity index (χ0v) is 16.9. The topological polar surface area (TPSA) is 50.2 Å². The van der Waals surface area contributed by atoms with Crippen LogP contribution in [0.5, 0.6) is 0 Å². The number of carbonyl (C=O) groups excluding carboxylic acids is 1. The second kappa shape index (κ2) is 6.95. The van der Waals surface area contributed by atoms with Crippen LogP contribution < -0.4 is 10.2 Å². The average Bonchev–Trinajstić information content (AvgIpc) is 2.90. The maximum Gasteiger partial charge on any atom is 0.224 e. The highest BCUT2D eigenvalue weighted by molar-refractivity contribution is 6.31. The van der Waals surface area contributed by atoms with Crippen molar-refractivity contribution in [1.29, 1.82) is 0 Å². The van der Waals surface area contributed by atoms with Crippen molar-refractivity contribution in [2.24, 2.45) is 5.41 Å². The largest absolute Gasteiger partial charge is 0.364 e. The molecule has 2 heterocycles. The molecule has 1 aromatic carbocycles. The third-order valence-corrected chi connectivity index (χ3v) is 4.97. The molecule has 1 aliphatic heterocycles. The van der Waals surface area contributed by atoms with Gasteiger partial charge in [0.15, 0.2) is 0 Å². The lowest BCUT2D eigenvalue weighted by Crippen LogP contribution is -2.34. The summed E-state index contributed by atoms with van der Waals surface area (Å²) in [6.45, 7) is 12.8. The molecule has 0 atom stereocenters. The maximum absolute atomic E-state index is 12.3. The van der Waals surface area contributed by atoms with Crippen LogP contribution in [0.4, 0.5) is 11.4 Å². The molecule has 0 unspecified atom stereocenters. The van der Waals surface area contributed by atoms with Gasteiger partial charge < -0.3 is 10.2 Å². The van der Waals surface area contributed by atoms with Gasteiger partial charge in [-0.05, 0) is 42.5 Å². The number of rotatable bonds is 3. The van der Waals surface area contributed by atoms with E-state index in [4.69, 9.17) is 11.6 Å². The lowest BCUT2D eigenvalue weighted by molar-refractivity contribution is -0.117. The van der Waals surface area contributed by atoms with E-state index < -0.39 is 0 Å². The van der Waals surface area contributed by atoms with Crippen LogP contribution in [0.3, 0.4) is 0 Å². The number of anilines is 2. The molecule has 0 radical (unpaired) electrons. The number of nitrogens with zero attached hydrogens (tertiary/aromatic N) is 3. The quantitative estimate of drug-likeness (QED) is 0.857. The Bertz CT molecular complexity index is 812. The normalized spacial score (nSPS) is 14.3. The minimum Gasteiger partial charge on any atom is -0.364 e. The third-order valence-electron chi connectivity index (χ3n) is 4.66. The molecule has 140 valence electrons. The van der Waals surface area contributed by atoms with Gasteiger partial charge in [0.25, 0.3) is 0 Å². The SMILES string of the molecule is Cc1cc(N2CCn3ncc(Cl)c3C2)cc(C)c1NC(=O)CC(C)(C)C. The Kier molecular flexibility index (Phi) is 5.02. The van der Waals surface area contributed by atoms with Crippen LogP contribution in [-0.2, 0) is 17.9 Å². The van der Waals surface area contributed by atoms with Gasteiger partial charge in [0.1, 0.15) is 0 Å². The number of hydrogen-bond donors (Lipinski definition) is 1. The van der Waals surface area contributed by atoms with Crippen molar-refractivity contribution in [3.63, 3.8) is 0 Å². The smallest absolute Gasteiger partial charge is 0.224 e. The van der Waals surface area contributed by atoms with Crippen LogP contribution in [-0.4, -0.2) is 22.2 Å². The molecular weight excluding hydrogens is 348 g/mol. The summed E-state index contributed by atoms with van der Waals surface area (Å²) in [6, 6.07) is 4.28. The highest BCUT2D eigenvalue weighted by Gasteiger charge is 2.22. The van der Waals surface area contributed by atoms with Crippen LogP contribution >= 0.6 is 11.6 Å². The third kappa shape index (κ3) is 4.04. The van der Waals surface area contributed by atoms with Gasteiger partial charge in [-0.2, -0.15) is 5.10 Å². The fraction of sp³-hybridized carbons (Fsp3) is 0.500. The molecular formula is C20H27ClN4O. The molecule has 1 amide bonds. The maximum atomic E-state index is 12.3. The Labute approximate surface area is 160 Å². The van der Waals surface area contributed by atoms with E-state index in [9.17, 15) is 4.79 Å². The summed E-state index contributed by atoms with van der Waals surface area (Å²) in [5.41, 5.74) is 5.25. The van der Waals surface area contributed by atoms with Crippen molar-refractivity contribution in [2.75, 3.05) is 16.8 Å². The van der Waals surface area contributed by atoms with E-state index in [1.54, 1.807) is 6.20 Å². The number of hydrogen-bond acceptors (Lipinski definition) is 3. The van der Waals surface area contributed by atoms with E-state index in [1.807, 2.05) is 18.5 Å². The zero-order chi connectivity index (χ0) is 19.1. The summed E-state index contributed by atoms with van der Waals surface area (Å²) in [4.78, 5) is 14.6. The minimum absolute atomic E-state index is 0.0259. The Morgan fingerprint density at radius 2 is 1.88 bits per heavy atom. The second-order valence-electron chi connectivity index (χ2n) is 8.32. The molecule has 6 heteroatoms. The molecule has 0 bridgehead atoms. The van der Waals surface area contributed by atoms with Gasteiger partial charge in [0.2, 0.25) is 5.91 Å². The lowest BCUT2D eigenvalue weighted by atomic mass is 9.92. The summed E-state index contributed by atoms with van der Waals surface area (Å²) >= 11 is 6.25. The standard InChI is InChI=1S/C20H27ClN4O/c1-13-8-15(24-6-7-25-17(12-24)16(21)11-22-25)9-14(2)19(13)23-18(26)10-20(3,4)5/h8-9,11H,6-7,10,12H2,1-5H3,(H,23,26). The fourth-order valence-corrected chi connectivity index (χ4v) is 3.62. The first-order valence-electron chi connectivity index (χ1n) is 9.00. The van der Waals surface area contributed by atoms with Crippen LogP contribution in [0.2, 0.25) is 5.02 Å². The molecule has 0 fully saturated rings. The van der Waals surface area contributed by atoms with E-state index in [0.29, 0.717) is 11.4 Å². The number of halogens is 1. The lowest BCUT2D eigenvalue weighted by Gasteiger charge is -2.31. The van der Waals surface area contributed by atoms with Crippen LogP contribution in [0.25, 0.3) is 0 Å². The predicted octanol–water partition coefficient (Wildman–Crippen LogP) is 4.55. The summed E-state index contributed by atoms with van der Waals surface area (Å²) in [7, 11) is 0. The molecule has 1 aromatic heterocycles. The first-order valence-corrected chi connectivity index (χ1v) is 9.38. The van der Waals surface area contributed by atoms with Crippen LogP contribution in [0, 0.1) is 19.3 Å². The van der Waals surface area contributed by atoms with Gasteiger partial charge in [0, 0.05) is 24.3 Å². The first kappa shape index (κ1) is 18.8. The Morgan fingerprint density at radius 3 is 2.50 bits per heavy atom. The number of aromatic nitrogens is 2. The van der Waals surface area contributed by atoms with Crippen molar-refractivity contribution in [3.8, 4) is 0 Å². The summed E-state index contributed by atoms with van der Waals surface area (Å²) < 4.78 is 1.97. The number of amides is 1. The van der Waals surface area contributed by atoms with Crippen molar-refractivity contribution in [1.82, 2.24) is 9.78 Å². The molecule has 3 rings (SSSR count). The molecule has 1 aliphatic rings. The van der Waals surface area contributed by atoms with E-state index in [-0.39, 0.29) is 11.3 Å². The van der Waals surface area contributed by atoms with Crippen molar-refractivity contribution in [3.05, 3.63) is 40.2 Å². The highest BCUT2D eigenvalue weighted by atomic mass is 35.5. The summed E-state index contributed by atoms with van der Waals surface area (Å²) in [5.74, 6) is 0.0603. The second-order valence-corrected chi connectivity index (χ2v) is 8.73. The Morgan fingerprint density at radius 1 is 1.23 bits per heavy atom. The Hall–Kier alpha value is -2.01. The number of fused-ring (bicyclic) bond motifs is 1. The van der Waals surface area contributed by atoms with E-state index in [1.165, 1.54) is 0 Å². The van der Waals surface area contributed by atoms with Gasteiger partial charge in [-0.3, -0.25) is 9.48 Å². The summed E-state index contributed by atoms with van der Waals surface area (Å²) in [5, 5.41) is 8.12. The summed E-state index contributed by atoms with van der Waals surface area (Å²) in [6.07, 6.45) is 2.22. The predicted molar refractivity (Wildman–Crippen MR) is 107 cm³/mol. The van der Waals surface area contributed by atoms with Crippen LogP contribution in [0.1, 0.15) is 44.0 Å². The molecule has 0 saturated carbocycles. The molecule has 2 aromatic rings. The molecule has 5 nitrogen and oxygen atoms in total. The minimum atomic E-state index is -0.0259. The number of aryl methyl sites for hydroxylation is 2. The van der Waals surface area contributed by atoms with Gasteiger partial charge in [-0.15, -0.1) is 0 Å². The van der Waals surface area contributed by atoms with Crippen LogP contribution in [0.15, 0.2) is 18.3 Å². The molecule has 0 spiro atoms. The molecule has 0 saturated heterocycles. The van der Waals surface area contributed by atoms with Crippen molar-refractivity contribution in [2.45, 2.75) is 54.1 Å². The van der Waals surface area contributed by atoms with E-state index in [2.05, 4.69) is 48.2 Å². The number of nitrogens with one attached hydrogen (secondary N) is 1. The molecule has 1 N–H and O–H groups in total. The van der Waals surface area contributed by atoms with Crippen molar-refractivity contribution < 1.29 is 4.79 Å². The van der Waals surface area contributed by atoms with Gasteiger partial charge in [-0.25, -0.2) is 0 Å². The molecule has 26 heavy (non-hydrogen) atoms. The van der Waals surface area contributed by atoms with Gasteiger partial charge in [0.05, 0.1) is 30.0 Å². The van der Waals surface area contributed by atoms with E-state index >= 15 is 0 Å². The molecule has 0 aliphatic carbocycles. The van der Waals surface area contributed by atoms with E-state index in [0.717, 1.165) is 47.8 Å². The number of benzene rings is 1. The highest BCUT2D eigenvalue weighted by Crippen LogP contribution is 2.31. The zero-order valence-electron chi connectivity index (χ0n) is 16.2. The van der Waals surface area contributed by atoms with Gasteiger partial charge >= 0.3 is 0 Å². The first-order chi connectivity index (χ1) is 12.1. The fourth-order valence-electron chi connectivity index (χ4n) is 3.42. The van der Waals surface area contributed by atoms with Crippen molar-refractivity contribution >= 4 is 28.9 Å². The van der Waals surface area contributed by atoms with Gasteiger partial charge in [-0.1, -0.05) is 32.4 Å². The number of carbonyl (C=O) groups is 1. The average molecular weight is 375 g/mol.